The Morgan fingerprint density at radius 2 is 2.00 bits per heavy atom. The van der Waals surface area contributed by atoms with Crippen LogP contribution in [0.2, 0.25) is 0 Å². The summed E-state index contributed by atoms with van der Waals surface area (Å²) in [6.45, 7) is 8.38. The Kier molecular flexibility index (Phi) is 4.92. The number of likely N-dealkylation sites (tertiary alicyclic amines) is 2. The summed E-state index contributed by atoms with van der Waals surface area (Å²) in [6, 6.07) is 7.07. The van der Waals surface area contributed by atoms with Crippen molar-refractivity contribution in [2.24, 2.45) is 11.3 Å². The summed E-state index contributed by atoms with van der Waals surface area (Å²) in [5.74, 6) is 0.921. The van der Waals surface area contributed by atoms with Crippen LogP contribution in [0.3, 0.4) is 0 Å². The highest BCUT2D eigenvalue weighted by Gasteiger charge is 2.58. The molecule has 30 heavy (non-hydrogen) atoms. The van der Waals surface area contributed by atoms with Crippen molar-refractivity contribution in [3.05, 3.63) is 53.9 Å². The van der Waals surface area contributed by atoms with Gasteiger partial charge in [0.25, 0.3) is 0 Å². The molecule has 1 aliphatic carbocycles. The number of rotatable bonds is 6. The van der Waals surface area contributed by atoms with Crippen LogP contribution in [0.25, 0.3) is 0 Å². The number of benzene rings is 1. The van der Waals surface area contributed by atoms with Gasteiger partial charge in [-0.05, 0) is 56.7 Å². The number of nitrogens with zero attached hydrogens (tertiary/aromatic N) is 4. The molecular formula is C24H31FN4O. The van der Waals surface area contributed by atoms with Crippen LogP contribution in [0.15, 0.2) is 36.8 Å². The lowest BCUT2D eigenvalue weighted by Crippen LogP contribution is -2.40. The van der Waals surface area contributed by atoms with Gasteiger partial charge < -0.3 is 9.47 Å². The van der Waals surface area contributed by atoms with Gasteiger partial charge in [-0.3, -0.25) is 9.69 Å². The van der Waals surface area contributed by atoms with E-state index in [1.807, 2.05) is 18.5 Å². The van der Waals surface area contributed by atoms with Crippen LogP contribution in [-0.4, -0.2) is 51.4 Å². The van der Waals surface area contributed by atoms with Crippen LogP contribution < -0.4 is 0 Å². The van der Waals surface area contributed by atoms with Crippen LogP contribution in [0.5, 0.6) is 0 Å². The van der Waals surface area contributed by atoms with E-state index >= 15 is 0 Å². The van der Waals surface area contributed by atoms with Gasteiger partial charge in [0.2, 0.25) is 5.91 Å². The summed E-state index contributed by atoms with van der Waals surface area (Å²) >= 11 is 0. The Bertz CT molecular complexity index is 920. The summed E-state index contributed by atoms with van der Waals surface area (Å²) in [7, 11) is 0. The molecule has 2 saturated heterocycles. The van der Waals surface area contributed by atoms with Crippen LogP contribution in [0.1, 0.15) is 56.3 Å². The van der Waals surface area contributed by atoms with Gasteiger partial charge in [-0.25, -0.2) is 9.37 Å². The maximum atomic E-state index is 13.7. The van der Waals surface area contributed by atoms with Crippen LogP contribution in [-0.2, 0) is 11.3 Å². The molecule has 1 amide bonds. The molecule has 160 valence electrons. The molecule has 0 unspecified atom stereocenters. The number of amides is 1. The van der Waals surface area contributed by atoms with E-state index in [-0.39, 0.29) is 17.2 Å². The minimum Gasteiger partial charge on any atom is -0.342 e. The molecule has 1 saturated carbocycles. The van der Waals surface area contributed by atoms with Crippen LogP contribution >= 0.6 is 0 Å². The van der Waals surface area contributed by atoms with Crippen molar-refractivity contribution >= 4 is 5.91 Å². The second-order valence-corrected chi connectivity index (χ2v) is 9.79. The topological polar surface area (TPSA) is 41.4 Å². The van der Waals surface area contributed by atoms with Crippen LogP contribution in [0.4, 0.5) is 4.39 Å². The third-order valence-electron chi connectivity index (χ3n) is 7.22. The molecule has 2 atom stereocenters. The highest BCUT2D eigenvalue weighted by atomic mass is 19.1. The standard InChI is InChI=1S/C24H31FN4O/c1-17(2)29-14-22(26-16-29)21-13-27(11-18-5-7-20(25)8-6-18)15-24(21)9-10-28(23(24)30)12-19-3-4-19/h5-8,14,16-17,19,21H,3-4,9-13,15H2,1-2H3/t21-,24-/m0/s1. The van der Waals surface area contributed by atoms with Crippen LogP contribution in [0, 0.1) is 17.2 Å². The normalized spacial score (nSPS) is 27.1. The summed E-state index contributed by atoms with van der Waals surface area (Å²) in [5.41, 5.74) is 1.73. The average Bonchev–Trinajstić information content (AvgIpc) is 3.15. The number of hydrogen-bond donors (Lipinski definition) is 0. The first kappa shape index (κ1) is 19.7. The fourth-order valence-corrected chi connectivity index (χ4v) is 5.28. The fourth-order valence-electron chi connectivity index (χ4n) is 5.28. The smallest absolute Gasteiger partial charge is 0.230 e. The molecule has 2 aromatic rings. The van der Waals surface area contributed by atoms with E-state index in [2.05, 4.69) is 34.4 Å². The van der Waals surface area contributed by atoms with Crippen molar-refractivity contribution in [3.63, 3.8) is 0 Å². The van der Waals surface area contributed by atoms with Gasteiger partial charge in [0.15, 0.2) is 0 Å². The van der Waals surface area contributed by atoms with Gasteiger partial charge in [-0.1, -0.05) is 12.1 Å². The van der Waals surface area contributed by atoms with E-state index in [4.69, 9.17) is 4.98 Å². The lowest BCUT2D eigenvalue weighted by atomic mass is 9.75. The van der Waals surface area contributed by atoms with Gasteiger partial charge in [0, 0.05) is 50.9 Å². The molecular weight excluding hydrogens is 379 g/mol. The van der Waals surface area contributed by atoms with Gasteiger partial charge in [-0.2, -0.15) is 0 Å². The Morgan fingerprint density at radius 3 is 2.67 bits per heavy atom. The van der Waals surface area contributed by atoms with E-state index < -0.39 is 0 Å². The third kappa shape index (κ3) is 3.55. The first-order chi connectivity index (χ1) is 14.4. The first-order valence-corrected chi connectivity index (χ1v) is 11.2. The lowest BCUT2D eigenvalue weighted by Gasteiger charge is -2.28. The maximum absolute atomic E-state index is 13.7. The van der Waals surface area contributed by atoms with E-state index in [0.717, 1.165) is 50.4 Å². The zero-order chi connectivity index (χ0) is 20.9. The Balaban J connectivity index is 1.42. The molecule has 1 spiro atoms. The van der Waals surface area contributed by atoms with Crippen molar-refractivity contribution in [3.8, 4) is 0 Å². The minimum atomic E-state index is -0.384. The molecule has 0 radical (unpaired) electrons. The molecule has 3 heterocycles. The van der Waals surface area contributed by atoms with Gasteiger partial charge in [0.05, 0.1) is 17.4 Å². The third-order valence-corrected chi connectivity index (χ3v) is 7.22. The average molecular weight is 411 g/mol. The quantitative estimate of drug-likeness (QED) is 0.727. The number of aromatic nitrogens is 2. The predicted octanol–water partition coefficient (Wildman–Crippen LogP) is 3.83. The molecule has 6 heteroatoms. The minimum absolute atomic E-state index is 0.106. The van der Waals surface area contributed by atoms with Crippen molar-refractivity contribution in [1.82, 2.24) is 19.4 Å². The second kappa shape index (κ2) is 7.49. The molecule has 5 rings (SSSR count). The van der Waals surface area contributed by atoms with Crippen molar-refractivity contribution < 1.29 is 9.18 Å². The summed E-state index contributed by atoms with van der Waals surface area (Å²) in [5, 5.41) is 0. The maximum Gasteiger partial charge on any atom is 0.230 e. The second-order valence-electron chi connectivity index (χ2n) is 9.79. The number of halogens is 1. The number of carbonyl (C=O) groups is 1. The zero-order valence-electron chi connectivity index (χ0n) is 17.9. The Morgan fingerprint density at radius 1 is 1.23 bits per heavy atom. The van der Waals surface area contributed by atoms with Crippen molar-refractivity contribution in [2.45, 2.75) is 51.6 Å². The number of carbonyl (C=O) groups excluding carboxylic acids is 1. The van der Waals surface area contributed by atoms with Gasteiger partial charge in [0.1, 0.15) is 5.82 Å². The summed E-state index contributed by atoms with van der Waals surface area (Å²) < 4.78 is 15.5. The monoisotopic (exact) mass is 410 g/mol. The Hall–Kier alpha value is -2.21. The van der Waals surface area contributed by atoms with E-state index in [9.17, 15) is 9.18 Å². The highest BCUT2D eigenvalue weighted by molar-refractivity contribution is 5.87. The highest BCUT2D eigenvalue weighted by Crippen LogP contribution is 2.50. The van der Waals surface area contributed by atoms with E-state index in [0.29, 0.717) is 17.9 Å². The van der Waals surface area contributed by atoms with E-state index in [1.165, 1.54) is 25.0 Å². The summed E-state index contributed by atoms with van der Waals surface area (Å²) in [4.78, 5) is 22.9. The molecule has 0 bridgehead atoms. The van der Waals surface area contributed by atoms with E-state index in [1.54, 1.807) is 0 Å². The molecule has 5 nitrogen and oxygen atoms in total. The molecule has 1 aromatic carbocycles. The number of imidazole rings is 1. The molecule has 3 aliphatic rings. The number of hydrogen-bond acceptors (Lipinski definition) is 3. The molecule has 1 aromatic heterocycles. The van der Waals surface area contributed by atoms with Gasteiger partial charge in [-0.15, -0.1) is 0 Å². The fraction of sp³-hybridized carbons (Fsp3) is 0.583. The molecule has 2 aliphatic heterocycles. The van der Waals surface area contributed by atoms with Gasteiger partial charge >= 0.3 is 0 Å². The van der Waals surface area contributed by atoms with Crippen molar-refractivity contribution in [2.75, 3.05) is 26.2 Å². The van der Waals surface area contributed by atoms with Crippen molar-refractivity contribution in [1.29, 1.82) is 0 Å². The zero-order valence-corrected chi connectivity index (χ0v) is 17.9. The largest absolute Gasteiger partial charge is 0.342 e. The lowest BCUT2D eigenvalue weighted by molar-refractivity contribution is -0.136. The SMILES string of the molecule is CC(C)n1cnc([C@@H]2CN(Cc3ccc(F)cc3)C[C@@]23CCN(CC2CC2)C3=O)c1. The Labute approximate surface area is 177 Å². The molecule has 0 N–H and O–H groups in total. The molecule has 3 fully saturated rings. The first-order valence-electron chi connectivity index (χ1n) is 11.2. The summed E-state index contributed by atoms with van der Waals surface area (Å²) in [6.07, 6.45) is 7.45. The predicted molar refractivity (Wildman–Crippen MR) is 113 cm³/mol.